The van der Waals surface area contributed by atoms with Crippen LogP contribution < -0.4 is 20.3 Å². The van der Waals surface area contributed by atoms with Gasteiger partial charge in [-0.25, -0.2) is 0 Å². The highest BCUT2D eigenvalue weighted by Crippen LogP contribution is 2.27. The van der Waals surface area contributed by atoms with Crippen LogP contribution in [0.2, 0.25) is 0 Å². The second-order valence-electron chi connectivity index (χ2n) is 10.8. The van der Waals surface area contributed by atoms with Crippen LogP contribution in [0.4, 0.5) is 5.69 Å². The Bertz CT molecular complexity index is 942. The quantitative estimate of drug-likeness (QED) is 0.154. The van der Waals surface area contributed by atoms with E-state index in [0.717, 1.165) is 82.4 Å². The number of ether oxygens (including phenoxy) is 1. The number of carbonyl (C=O) groups excluding carboxylic acids is 1. The fraction of sp³-hybridized carbons (Fsp3) is 0.639. The minimum Gasteiger partial charge on any atom is -0.508 e. The lowest BCUT2D eigenvalue weighted by Crippen LogP contribution is -2.43. The second-order valence-corrected chi connectivity index (χ2v) is 10.8. The van der Waals surface area contributed by atoms with Crippen LogP contribution in [0.15, 0.2) is 36.4 Å². The first-order valence-corrected chi connectivity index (χ1v) is 16.6. The molecule has 1 atom stereocenters. The minimum absolute atomic E-state index is 0.0154. The lowest BCUT2D eigenvalue weighted by atomic mass is 9.98. The van der Waals surface area contributed by atoms with Crippen LogP contribution >= 0.6 is 0 Å². The van der Waals surface area contributed by atoms with E-state index in [1.54, 1.807) is 0 Å². The molecule has 1 heterocycles. The number of aryl methyl sites for hydroxylation is 3. The van der Waals surface area contributed by atoms with Gasteiger partial charge in [-0.2, -0.15) is 0 Å². The van der Waals surface area contributed by atoms with Gasteiger partial charge in [0.15, 0.2) is 0 Å². The molecule has 1 aliphatic rings. The summed E-state index contributed by atoms with van der Waals surface area (Å²) in [6.07, 6.45) is 7.58. The number of benzene rings is 2. The van der Waals surface area contributed by atoms with Gasteiger partial charge in [-0.15, -0.1) is 0 Å². The summed E-state index contributed by atoms with van der Waals surface area (Å²) >= 11 is 0. The maximum Gasteiger partial charge on any atom is 0.207 e. The molecule has 240 valence electrons. The van der Waals surface area contributed by atoms with Crippen molar-refractivity contribution in [3.05, 3.63) is 53.1 Å². The molecule has 0 saturated carbocycles. The zero-order valence-corrected chi connectivity index (χ0v) is 28.4. The van der Waals surface area contributed by atoms with Crippen molar-refractivity contribution < 1.29 is 14.6 Å². The maximum absolute atomic E-state index is 10.8. The van der Waals surface area contributed by atoms with Gasteiger partial charge in [-0.1, -0.05) is 80.4 Å². The molecule has 6 heteroatoms. The first-order valence-electron chi connectivity index (χ1n) is 16.6. The van der Waals surface area contributed by atoms with Crippen LogP contribution in [-0.2, 0) is 17.6 Å². The Balaban J connectivity index is 0.00000221. The van der Waals surface area contributed by atoms with Crippen molar-refractivity contribution in [3.8, 4) is 11.5 Å². The largest absolute Gasteiger partial charge is 0.508 e. The van der Waals surface area contributed by atoms with Gasteiger partial charge in [0, 0.05) is 50.9 Å². The van der Waals surface area contributed by atoms with Crippen LogP contribution in [0.5, 0.6) is 11.5 Å². The van der Waals surface area contributed by atoms with E-state index in [1.807, 2.05) is 39.8 Å². The number of amides is 1. The molecule has 0 aliphatic carbocycles. The highest BCUT2D eigenvalue weighted by molar-refractivity contribution is 5.53. The number of nitrogens with one attached hydrogen (secondary N) is 2. The number of nitrogens with zero attached hydrogens (tertiary/aromatic N) is 1. The molecule has 1 amide bonds. The molecule has 0 radical (unpaired) electrons. The standard InChI is InChI=1S/C29H43N3O3.C3H8.2C2H6/c1-22(2)5-4-6-25-19-24(8-10-29(25)34)7-9-27(11-12-31-21-33)35-28-18-23(3)17-26(20-28)32-15-13-30-14-16-32;1-3-2;2*1-2/h8,10,17-22,27,30,34H,4-7,9,11-16H2,1-3H3,(H,31,33);3H2,1-2H3;2*1-2H3. The van der Waals surface area contributed by atoms with Crippen molar-refractivity contribution in [2.75, 3.05) is 37.6 Å². The van der Waals surface area contributed by atoms with Gasteiger partial charge < -0.3 is 25.4 Å². The van der Waals surface area contributed by atoms with Crippen molar-refractivity contribution in [2.24, 2.45) is 5.92 Å². The summed E-state index contributed by atoms with van der Waals surface area (Å²) in [7, 11) is 0. The third-order valence-electron chi connectivity index (χ3n) is 6.64. The Morgan fingerprint density at radius 1 is 0.976 bits per heavy atom. The molecule has 2 aromatic carbocycles. The second kappa shape index (κ2) is 24.8. The molecule has 1 saturated heterocycles. The van der Waals surface area contributed by atoms with Gasteiger partial charge in [0.2, 0.25) is 6.41 Å². The number of hydrogen-bond acceptors (Lipinski definition) is 5. The number of phenols is 1. The molecule has 6 nitrogen and oxygen atoms in total. The smallest absolute Gasteiger partial charge is 0.207 e. The van der Waals surface area contributed by atoms with Crippen LogP contribution in [0.1, 0.15) is 104 Å². The predicted molar refractivity (Wildman–Crippen MR) is 182 cm³/mol. The Morgan fingerprint density at radius 2 is 1.64 bits per heavy atom. The maximum atomic E-state index is 10.8. The molecule has 1 unspecified atom stereocenters. The Hall–Kier alpha value is -2.73. The van der Waals surface area contributed by atoms with E-state index in [-0.39, 0.29) is 6.10 Å². The normalized spacial score (nSPS) is 13.0. The monoisotopic (exact) mass is 585 g/mol. The van der Waals surface area contributed by atoms with Crippen molar-refractivity contribution >= 4 is 12.1 Å². The molecule has 0 spiro atoms. The predicted octanol–water partition coefficient (Wildman–Crippen LogP) is 8.07. The van der Waals surface area contributed by atoms with Gasteiger partial charge >= 0.3 is 0 Å². The van der Waals surface area contributed by atoms with Crippen LogP contribution in [0.3, 0.4) is 0 Å². The Labute approximate surface area is 258 Å². The first kappa shape index (κ1) is 39.3. The van der Waals surface area contributed by atoms with Crippen molar-refractivity contribution in [1.82, 2.24) is 10.6 Å². The van der Waals surface area contributed by atoms with Gasteiger partial charge in [0.1, 0.15) is 17.6 Å². The average Bonchev–Trinajstić information content (AvgIpc) is 3.00. The topological polar surface area (TPSA) is 73.8 Å². The lowest BCUT2D eigenvalue weighted by molar-refractivity contribution is -0.109. The molecular formula is C36H63N3O3. The van der Waals surface area contributed by atoms with E-state index in [4.69, 9.17) is 4.74 Å². The summed E-state index contributed by atoms with van der Waals surface area (Å²) in [6.45, 7) is 23.4. The van der Waals surface area contributed by atoms with Crippen molar-refractivity contribution in [3.63, 3.8) is 0 Å². The highest BCUT2D eigenvalue weighted by atomic mass is 16.5. The number of rotatable bonds is 14. The Kier molecular flexibility index (Phi) is 23.2. The van der Waals surface area contributed by atoms with E-state index in [0.29, 0.717) is 18.2 Å². The van der Waals surface area contributed by atoms with Crippen LogP contribution in [0.25, 0.3) is 0 Å². The molecule has 0 aromatic heterocycles. The van der Waals surface area contributed by atoms with E-state index < -0.39 is 0 Å². The van der Waals surface area contributed by atoms with Gasteiger partial charge in [0.05, 0.1) is 0 Å². The minimum atomic E-state index is -0.0154. The zero-order chi connectivity index (χ0) is 31.8. The zero-order valence-electron chi connectivity index (χ0n) is 28.4. The molecule has 42 heavy (non-hydrogen) atoms. The number of carbonyl (C=O) groups is 1. The molecule has 3 N–H and O–H groups in total. The number of aromatic hydroxyl groups is 1. The van der Waals surface area contributed by atoms with E-state index in [9.17, 15) is 9.90 Å². The van der Waals surface area contributed by atoms with Crippen LogP contribution in [-0.4, -0.2) is 50.3 Å². The molecular weight excluding hydrogens is 522 g/mol. The summed E-state index contributed by atoms with van der Waals surface area (Å²) in [5.74, 6) is 1.95. The van der Waals surface area contributed by atoms with E-state index in [2.05, 4.69) is 74.4 Å². The Morgan fingerprint density at radius 3 is 2.26 bits per heavy atom. The lowest BCUT2D eigenvalue weighted by Gasteiger charge is -2.30. The number of phenolic OH excluding ortho intramolecular Hbond substituents is 1. The first-order chi connectivity index (χ1) is 20.4. The third-order valence-corrected chi connectivity index (χ3v) is 6.64. The highest BCUT2D eigenvalue weighted by Gasteiger charge is 2.16. The van der Waals surface area contributed by atoms with E-state index >= 15 is 0 Å². The fourth-order valence-electron chi connectivity index (χ4n) is 4.68. The molecule has 2 aromatic rings. The van der Waals surface area contributed by atoms with Gasteiger partial charge in [-0.05, 0) is 73.4 Å². The van der Waals surface area contributed by atoms with E-state index in [1.165, 1.54) is 23.2 Å². The SMILES string of the molecule is CC.CC.CCC.Cc1cc(OC(CCNC=O)CCc2ccc(O)c(CCCC(C)C)c2)cc(N2CCNCC2)c1. The number of anilines is 1. The number of hydrogen-bond donors (Lipinski definition) is 3. The molecule has 1 aliphatic heterocycles. The molecule has 0 bridgehead atoms. The summed E-state index contributed by atoms with van der Waals surface area (Å²) in [5.41, 5.74) is 4.63. The molecule has 1 fully saturated rings. The van der Waals surface area contributed by atoms with Gasteiger partial charge in [0.25, 0.3) is 0 Å². The molecule has 3 rings (SSSR count). The summed E-state index contributed by atoms with van der Waals surface area (Å²) in [6, 6.07) is 12.4. The van der Waals surface area contributed by atoms with Gasteiger partial charge in [-0.3, -0.25) is 4.79 Å². The average molecular weight is 586 g/mol. The summed E-state index contributed by atoms with van der Waals surface area (Å²) in [5, 5.41) is 16.5. The summed E-state index contributed by atoms with van der Waals surface area (Å²) in [4.78, 5) is 13.2. The van der Waals surface area contributed by atoms with Crippen LogP contribution in [0, 0.1) is 12.8 Å². The summed E-state index contributed by atoms with van der Waals surface area (Å²) < 4.78 is 6.49. The number of piperazine rings is 1. The van der Waals surface area contributed by atoms with Crippen molar-refractivity contribution in [1.29, 1.82) is 0 Å². The fourth-order valence-corrected chi connectivity index (χ4v) is 4.68. The third kappa shape index (κ3) is 16.6. The van der Waals surface area contributed by atoms with Crippen molar-refractivity contribution in [2.45, 2.75) is 113 Å².